The molecule has 2 aliphatic heterocycles. The van der Waals surface area contributed by atoms with Crippen LogP contribution >= 0.6 is 0 Å². The monoisotopic (exact) mass is 281 g/mol. The first-order valence-corrected chi connectivity index (χ1v) is 7.99. The number of hydrogen-bond donors (Lipinski definition) is 1. The van der Waals surface area contributed by atoms with E-state index in [2.05, 4.69) is 12.2 Å². The molecule has 20 heavy (non-hydrogen) atoms. The third kappa shape index (κ3) is 4.20. The van der Waals surface area contributed by atoms with Crippen molar-refractivity contribution in [3.63, 3.8) is 0 Å². The molecule has 0 aliphatic carbocycles. The Kier molecular flexibility index (Phi) is 5.83. The summed E-state index contributed by atoms with van der Waals surface area (Å²) in [4.78, 5) is 27.7. The van der Waals surface area contributed by atoms with Gasteiger partial charge in [-0.15, -0.1) is 0 Å². The quantitative estimate of drug-likeness (QED) is 0.790. The molecule has 2 saturated heterocycles. The maximum Gasteiger partial charge on any atom is 0.242 e. The summed E-state index contributed by atoms with van der Waals surface area (Å²) < 4.78 is 0. The van der Waals surface area contributed by atoms with E-state index in [1.165, 1.54) is 12.8 Å². The Morgan fingerprint density at radius 1 is 1.40 bits per heavy atom. The van der Waals surface area contributed by atoms with Gasteiger partial charge in [-0.25, -0.2) is 0 Å². The van der Waals surface area contributed by atoms with Crippen LogP contribution in [0.5, 0.6) is 0 Å². The van der Waals surface area contributed by atoms with Crippen molar-refractivity contribution in [2.24, 2.45) is 0 Å². The molecule has 2 amide bonds. The average Bonchev–Trinajstić information content (AvgIpc) is 2.85. The van der Waals surface area contributed by atoms with Gasteiger partial charge in [-0.2, -0.15) is 0 Å². The molecule has 5 heteroatoms. The fraction of sp³-hybridized carbons (Fsp3) is 0.867. The van der Waals surface area contributed by atoms with Crippen LogP contribution in [-0.2, 0) is 9.59 Å². The molecule has 0 spiro atoms. The van der Waals surface area contributed by atoms with Crippen LogP contribution in [0.15, 0.2) is 0 Å². The van der Waals surface area contributed by atoms with Gasteiger partial charge >= 0.3 is 0 Å². The summed E-state index contributed by atoms with van der Waals surface area (Å²) in [6.45, 7) is 5.74. The van der Waals surface area contributed by atoms with Gasteiger partial charge in [0.1, 0.15) is 0 Å². The lowest BCUT2D eigenvalue weighted by atomic mass is 10.0. The molecular weight excluding hydrogens is 254 g/mol. The summed E-state index contributed by atoms with van der Waals surface area (Å²) in [6.07, 6.45) is 6.09. The van der Waals surface area contributed by atoms with E-state index in [0.29, 0.717) is 12.5 Å². The summed E-state index contributed by atoms with van der Waals surface area (Å²) in [5.74, 6) is 0.236. The molecule has 0 aromatic rings. The SMILES string of the molecule is CCCN(CC1CCCCN1)C(=O)CN1CCCC1=O. The topological polar surface area (TPSA) is 52.7 Å². The number of nitrogens with zero attached hydrogens (tertiary/aromatic N) is 2. The van der Waals surface area contributed by atoms with Gasteiger partial charge in [-0.3, -0.25) is 9.59 Å². The average molecular weight is 281 g/mol. The van der Waals surface area contributed by atoms with Crippen molar-refractivity contribution < 1.29 is 9.59 Å². The number of carbonyl (C=O) groups excluding carboxylic acids is 2. The van der Waals surface area contributed by atoms with Gasteiger partial charge < -0.3 is 15.1 Å². The summed E-state index contributed by atoms with van der Waals surface area (Å²) in [7, 11) is 0. The van der Waals surface area contributed by atoms with Gasteiger partial charge in [0.2, 0.25) is 11.8 Å². The molecule has 2 rings (SSSR count). The summed E-state index contributed by atoms with van der Waals surface area (Å²) in [5.41, 5.74) is 0. The number of hydrogen-bond acceptors (Lipinski definition) is 3. The Bertz CT molecular complexity index is 340. The Balaban J connectivity index is 1.85. The lowest BCUT2D eigenvalue weighted by Crippen LogP contribution is -2.48. The molecule has 1 N–H and O–H groups in total. The zero-order valence-electron chi connectivity index (χ0n) is 12.6. The van der Waals surface area contributed by atoms with Crippen molar-refractivity contribution >= 4 is 11.8 Å². The lowest BCUT2D eigenvalue weighted by molar-refractivity contribution is -0.138. The van der Waals surface area contributed by atoms with Crippen LogP contribution in [0.4, 0.5) is 0 Å². The molecular formula is C15H27N3O2. The van der Waals surface area contributed by atoms with Gasteiger partial charge in [0.25, 0.3) is 0 Å². The summed E-state index contributed by atoms with van der Waals surface area (Å²) in [5, 5.41) is 3.49. The second-order valence-corrected chi connectivity index (χ2v) is 5.91. The van der Waals surface area contributed by atoms with Crippen LogP contribution in [0.2, 0.25) is 0 Å². The minimum atomic E-state index is 0.106. The van der Waals surface area contributed by atoms with Gasteiger partial charge in [-0.05, 0) is 32.2 Å². The zero-order chi connectivity index (χ0) is 14.4. The first-order chi connectivity index (χ1) is 9.70. The van der Waals surface area contributed by atoms with Crippen molar-refractivity contribution in [1.82, 2.24) is 15.1 Å². The van der Waals surface area contributed by atoms with Crippen molar-refractivity contribution in [3.8, 4) is 0 Å². The number of amides is 2. The number of rotatable bonds is 6. The van der Waals surface area contributed by atoms with Crippen LogP contribution < -0.4 is 5.32 Å². The third-order valence-electron chi connectivity index (χ3n) is 4.20. The maximum absolute atomic E-state index is 12.4. The van der Waals surface area contributed by atoms with Crippen LogP contribution in [0.25, 0.3) is 0 Å². The lowest BCUT2D eigenvalue weighted by Gasteiger charge is -2.31. The largest absolute Gasteiger partial charge is 0.340 e. The number of nitrogens with one attached hydrogen (secondary N) is 1. The van der Waals surface area contributed by atoms with Crippen molar-refractivity contribution in [3.05, 3.63) is 0 Å². The highest BCUT2D eigenvalue weighted by Gasteiger charge is 2.26. The normalized spacial score (nSPS) is 23.1. The first kappa shape index (κ1) is 15.3. The molecule has 2 fully saturated rings. The highest BCUT2D eigenvalue weighted by Crippen LogP contribution is 2.12. The Labute approximate surface area is 121 Å². The molecule has 2 aliphatic rings. The molecule has 0 bridgehead atoms. The molecule has 2 heterocycles. The molecule has 0 aromatic heterocycles. The van der Waals surface area contributed by atoms with Crippen LogP contribution in [0.3, 0.4) is 0 Å². The second-order valence-electron chi connectivity index (χ2n) is 5.91. The molecule has 114 valence electrons. The third-order valence-corrected chi connectivity index (χ3v) is 4.20. The fourth-order valence-corrected chi connectivity index (χ4v) is 3.07. The Morgan fingerprint density at radius 3 is 2.85 bits per heavy atom. The highest BCUT2D eigenvalue weighted by atomic mass is 16.2. The highest BCUT2D eigenvalue weighted by molar-refractivity contribution is 5.85. The van der Waals surface area contributed by atoms with Gasteiger partial charge in [0, 0.05) is 32.1 Å². The smallest absolute Gasteiger partial charge is 0.242 e. The van der Waals surface area contributed by atoms with E-state index < -0.39 is 0 Å². The van der Waals surface area contributed by atoms with Gasteiger partial charge in [0.15, 0.2) is 0 Å². The second kappa shape index (κ2) is 7.62. The molecule has 1 unspecified atom stereocenters. The Hall–Kier alpha value is -1.10. The van der Waals surface area contributed by atoms with Crippen molar-refractivity contribution in [2.75, 3.05) is 32.7 Å². The molecule has 1 atom stereocenters. The fourth-order valence-electron chi connectivity index (χ4n) is 3.07. The van der Waals surface area contributed by atoms with E-state index in [1.54, 1.807) is 4.90 Å². The van der Waals surface area contributed by atoms with E-state index in [-0.39, 0.29) is 18.4 Å². The number of likely N-dealkylation sites (tertiary alicyclic amines) is 1. The van der Waals surface area contributed by atoms with E-state index in [0.717, 1.165) is 45.4 Å². The predicted molar refractivity (Wildman–Crippen MR) is 78.3 cm³/mol. The van der Waals surface area contributed by atoms with Crippen molar-refractivity contribution in [1.29, 1.82) is 0 Å². The van der Waals surface area contributed by atoms with Gasteiger partial charge in [-0.1, -0.05) is 13.3 Å². The van der Waals surface area contributed by atoms with Crippen LogP contribution in [0.1, 0.15) is 45.4 Å². The standard InChI is InChI=1S/C15H27N3O2/c1-2-9-17(11-13-6-3-4-8-16-13)15(20)12-18-10-5-7-14(18)19/h13,16H,2-12H2,1H3. The number of piperidine rings is 1. The minimum absolute atomic E-state index is 0.106. The van der Waals surface area contributed by atoms with E-state index in [4.69, 9.17) is 0 Å². The minimum Gasteiger partial charge on any atom is -0.340 e. The van der Waals surface area contributed by atoms with E-state index in [9.17, 15) is 9.59 Å². The van der Waals surface area contributed by atoms with E-state index >= 15 is 0 Å². The molecule has 0 aromatic carbocycles. The van der Waals surface area contributed by atoms with E-state index in [1.807, 2.05) is 4.90 Å². The van der Waals surface area contributed by atoms with Crippen LogP contribution in [-0.4, -0.2) is 60.4 Å². The van der Waals surface area contributed by atoms with Crippen LogP contribution in [0, 0.1) is 0 Å². The van der Waals surface area contributed by atoms with Crippen molar-refractivity contribution in [2.45, 2.75) is 51.5 Å². The zero-order valence-corrected chi connectivity index (χ0v) is 12.6. The summed E-state index contributed by atoms with van der Waals surface area (Å²) in [6, 6.07) is 0.425. The summed E-state index contributed by atoms with van der Waals surface area (Å²) >= 11 is 0. The maximum atomic E-state index is 12.4. The van der Waals surface area contributed by atoms with Gasteiger partial charge in [0.05, 0.1) is 6.54 Å². The molecule has 0 radical (unpaired) electrons. The molecule has 0 saturated carbocycles. The first-order valence-electron chi connectivity index (χ1n) is 7.99. The predicted octanol–water partition coefficient (Wildman–Crippen LogP) is 0.989. The number of carbonyl (C=O) groups is 2. The molecule has 5 nitrogen and oxygen atoms in total. The Morgan fingerprint density at radius 2 is 2.25 bits per heavy atom.